The fraction of sp³-hybridized carbons (Fsp3) is 0.0909. The Bertz CT molecular complexity index is 559. The van der Waals surface area contributed by atoms with Crippen molar-refractivity contribution in [1.29, 1.82) is 5.26 Å². The number of hydrogen-bond acceptors (Lipinski definition) is 4. The summed E-state index contributed by atoms with van der Waals surface area (Å²) in [6.45, 7) is 1.85. The summed E-state index contributed by atoms with van der Waals surface area (Å²) in [5, 5.41) is 10.0. The van der Waals surface area contributed by atoms with E-state index < -0.39 is 0 Å². The van der Waals surface area contributed by atoms with Crippen molar-refractivity contribution in [2.24, 2.45) is 0 Å². The third-order valence-electron chi connectivity index (χ3n) is 1.86. The van der Waals surface area contributed by atoms with Gasteiger partial charge in [0.15, 0.2) is 0 Å². The Morgan fingerprint density at radius 3 is 2.94 bits per heavy atom. The maximum atomic E-state index is 8.95. The fourth-order valence-corrected chi connectivity index (χ4v) is 2.15. The van der Waals surface area contributed by atoms with E-state index in [1.807, 2.05) is 6.92 Å². The molecule has 0 radical (unpaired) electrons. The van der Waals surface area contributed by atoms with Crippen LogP contribution in [0.4, 0.5) is 0 Å². The molecule has 0 spiro atoms. The predicted octanol–water partition coefficient (Wildman–Crippen LogP) is 3.66. The van der Waals surface area contributed by atoms with Crippen LogP contribution in [-0.2, 0) is 0 Å². The molecule has 5 heteroatoms. The maximum Gasteiger partial charge on any atom is 0.260 e. The largest absolute Gasteiger partial charge is 0.439 e. The maximum absolute atomic E-state index is 8.95. The van der Waals surface area contributed by atoms with E-state index in [2.05, 4.69) is 11.1 Å². The van der Waals surface area contributed by atoms with Gasteiger partial charge in [-0.1, -0.05) is 11.6 Å². The fourth-order valence-electron chi connectivity index (χ4n) is 1.15. The molecule has 1 heterocycles. The number of nitrogens with zero attached hydrogens (tertiary/aromatic N) is 2. The molecule has 2 rings (SSSR count). The van der Waals surface area contributed by atoms with Gasteiger partial charge in [-0.2, -0.15) is 5.26 Å². The van der Waals surface area contributed by atoms with Crippen LogP contribution in [0, 0.1) is 18.3 Å². The Kier molecular flexibility index (Phi) is 3.18. The number of halogens is 1. The molecule has 0 aliphatic carbocycles. The van der Waals surface area contributed by atoms with Crippen molar-refractivity contribution >= 4 is 23.4 Å². The first-order valence-corrected chi connectivity index (χ1v) is 5.68. The van der Waals surface area contributed by atoms with E-state index in [4.69, 9.17) is 21.3 Å². The molecule has 0 aliphatic heterocycles. The number of hydrogen-bond donors (Lipinski definition) is 0. The second-order valence-corrected chi connectivity index (χ2v) is 4.54. The Labute approximate surface area is 102 Å². The molecule has 0 fully saturated rings. The summed E-state index contributed by atoms with van der Waals surface area (Å²) in [6.07, 6.45) is 1.57. The minimum absolute atomic E-state index is 0.522. The SMILES string of the molecule is Cc1coc(Sc2ccc(Cl)cc2C#N)n1. The van der Waals surface area contributed by atoms with E-state index in [0.29, 0.717) is 15.8 Å². The number of aromatic nitrogens is 1. The molecule has 0 amide bonds. The van der Waals surface area contributed by atoms with Gasteiger partial charge in [-0.15, -0.1) is 0 Å². The summed E-state index contributed by atoms with van der Waals surface area (Å²) in [5.74, 6) is 0. The van der Waals surface area contributed by atoms with Gasteiger partial charge in [-0.05, 0) is 36.9 Å². The van der Waals surface area contributed by atoms with E-state index in [0.717, 1.165) is 10.6 Å². The predicted molar refractivity (Wildman–Crippen MR) is 61.5 cm³/mol. The molecule has 0 saturated heterocycles. The zero-order chi connectivity index (χ0) is 11.5. The Morgan fingerprint density at radius 1 is 1.50 bits per heavy atom. The van der Waals surface area contributed by atoms with Gasteiger partial charge in [-0.3, -0.25) is 0 Å². The molecule has 3 nitrogen and oxygen atoms in total. The number of rotatable bonds is 2. The highest BCUT2D eigenvalue weighted by atomic mass is 35.5. The molecule has 1 aromatic heterocycles. The highest BCUT2D eigenvalue weighted by molar-refractivity contribution is 7.99. The summed E-state index contributed by atoms with van der Waals surface area (Å²) < 4.78 is 5.21. The van der Waals surface area contributed by atoms with E-state index in [9.17, 15) is 0 Å². The first-order chi connectivity index (χ1) is 7.69. The molecule has 0 aliphatic rings. The van der Waals surface area contributed by atoms with Crippen molar-refractivity contribution in [3.63, 3.8) is 0 Å². The van der Waals surface area contributed by atoms with Gasteiger partial charge in [0, 0.05) is 9.92 Å². The highest BCUT2D eigenvalue weighted by Gasteiger charge is 2.08. The monoisotopic (exact) mass is 250 g/mol. The van der Waals surface area contributed by atoms with Crippen LogP contribution in [0.3, 0.4) is 0 Å². The topological polar surface area (TPSA) is 49.8 Å². The van der Waals surface area contributed by atoms with Gasteiger partial charge in [0.2, 0.25) is 0 Å². The van der Waals surface area contributed by atoms with E-state index in [1.54, 1.807) is 24.5 Å². The minimum atomic E-state index is 0.522. The second kappa shape index (κ2) is 4.60. The van der Waals surface area contributed by atoms with Crippen molar-refractivity contribution in [3.05, 3.63) is 40.7 Å². The lowest BCUT2D eigenvalue weighted by molar-refractivity contribution is 0.454. The Morgan fingerprint density at radius 2 is 2.31 bits per heavy atom. The molecule has 80 valence electrons. The van der Waals surface area contributed by atoms with Gasteiger partial charge in [0.25, 0.3) is 5.22 Å². The molecule has 16 heavy (non-hydrogen) atoms. The third kappa shape index (κ3) is 2.38. The smallest absolute Gasteiger partial charge is 0.260 e. The molecular weight excluding hydrogens is 244 g/mol. The molecule has 0 bridgehead atoms. The second-order valence-electron chi connectivity index (χ2n) is 3.11. The molecule has 2 aromatic rings. The van der Waals surface area contributed by atoms with Crippen LogP contribution in [0.15, 0.2) is 39.0 Å². The molecule has 0 unspecified atom stereocenters. The lowest BCUT2D eigenvalue weighted by Gasteiger charge is -2.00. The van der Waals surface area contributed by atoms with Gasteiger partial charge in [0.1, 0.15) is 12.3 Å². The van der Waals surface area contributed by atoms with E-state index >= 15 is 0 Å². The van der Waals surface area contributed by atoms with Crippen molar-refractivity contribution in [2.45, 2.75) is 17.0 Å². The quantitative estimate of drug-likeness (QED) is 0.816. The van der Waals surface area contributed by atoms with Crippen LogP contribution in [0.2, 0.25) is 5.02 Å². The van der Waals surface area contributed by atoms with Crippen molar-refractivity contribution in [1.82, 2.24) is 4.98 Å². The van der Waals surface area contributed by atoms with Crippen LogP contribution in [0.25, 0.3) is 0 Å². The number of aryl methyl sites for hydroxylation is 1. The first-order valence-electron chi connectivity index (χ1n) is 4.48. The average molecular weight is 251 g/mol. The third-order valence-corrected chi connectivity index (χ3v) is 3.03. The van der Waals surface area contributed by atoms with Crippen LogP contribution in [0.1, 0.15) is 11.3 Å². The molecule has 0 saturated carbocycles. The molecular formula is C11H7ClN2OS. The molecule has 0 N–H and O–H groups in total. The summed E-state index contributed by atoms with van der Waals surface area (Å²) >= 11 is 7.11. The van der Waals surface area contributed by atoms with Crippen molar-refractivity contribution < 1.29 is 4.42 Å². The zero-order valence-electron chi connectivity index (χ0n) is 8.40. The van der Waals surface area contributed by atoms with Gasteiger partial charge in [-0.25, -0.2) is 4.98 Å². The lowest BCUT2D eigenvalue weighted by atomic mass is 10.2. The summed E-state index contributed by atoms with van der Waals surface area (Å²) in [4.78, 5) is 4.94. The first kappa shape index (κ1) is 11.1. The van der Waals surface area contributed by atoms with Gasteiger partial charge in [0.05, 0.1) is 11.3 Å². The van der Waals surface area contributed by atoms with Crippen LogP contribution < -0.4 is 0 Å². The Balaban J connectivity index is 2.31. The van der Waals surface area contributed by atoms with Crippen molar-refractivity contribution in [2.75, 3.05) is 0 Å². The minimum Gasteiger partial charge on any atom is -0.439 e. The number of nitriles is 1. The van der Waals surface area contributed by atoms with E-state index in [-0.39, 0.29) is 0 Å². The molecule has 0 atom stereocenters. The normalized spacial score (nSPS) is 10.1. The summed E-state index contributed by atoms with van der Waals surface area (Å²) in [5.41, 5.74) is 1.34. The lowest BCUT2D eigenvalue weighted by Crippen LogP contribution is -1.81. The number of oxazole rings is 1. The van der Waals surface area contributed by atoms with Gasteiger partial charge < -0.3 is 4.42 Å². The van der Waals surface area contributed by atoms with Crippen LogP contribution in [-0.4, -0.2) is 4.98 Å². The van der Waals surface area contributed by atoms with Gasteiger partial charge >= 0.3 is 0 Å². The number of benzene rings is 1. The highest BCUT2D eigenvalue weighted by Crippen LogP contribution is 2.30. The molecule has 1 aromatic carbocycles. The average Bonchev–Trinajstić information content (AvgIpc) is 2.67. The van der Waals surface area contributed by atoms with Crippen LogP contribution in [0.5, 0.6) is 0 Å². The summed E-state index contributed by atoms with van der Waals surface area (Å²) in [6, 6.07) is 7.23. The van der Waals surface area contributed by atoms with E-state index in [1.165, 1.54) is 11.8 Å². The standard InChI is InChI=1S/C11H7ClN2OS/c1-7-6-15-11(14-7)16-10-3-2-9(12)4-8(10)5-13/h2-4,6H,1H3. The summed E-state index contributed by atoms with van der Waals surface area (Å²) in [7, 11) is 0. The zero-order valence-corrected chi connectivity index (χ0v) is 9.97. The van der Waals surface area contributed by atoms with Crippen molar-refractivity contribution in [3.8, 4) is 6.07 Å². The Hall–Kier alpha value is -1.44. The van der Waals surface area contributed by atoms with Crippen LogP contribution >= 0.6 is 23.4 Å².